The predicted octanol–water partition coefficient (Wildman–Crippen LogP) is 1.36. The standard InChI is InChI=1S/C19H26N8O/c1-15-21-7-11-26(15)9-5-18(28)27-8-3-4-16(12-27)19-23-22-17(24(19)2)13-25-10-6-20-14-25/h6-7,10-11,14,16H,3-5,8-9,12-13H2,1-2H3/t16-/m0/s1. The van der Waals surface area contributed by atoms with Gasteiger partial charge in [0.25, 0.3) is 0 Å². The highest BCUT2D eigenvalue weighted by molar-refractivity contribution is 5.76. The molecular formula is C19H26N8O. The number of aryl methyl sites for hydroxylation is 2. The molecule has 1 saturated heterocycles. The van der Waals surface area contributed by atoms with Gasteiger partial charge in [0.1, 0.15) is 11.6 Å². The number of carbonyl (C=O) groups is 1. The minimum atomic E-state index is 0.193. The van der Waals surface area contributed by atoms with Crippen LogP contribution < -0.4 is 0 Å². The Labute approximate surface area is 164 Å². The van der Waals surface area contributed by atoms with Crippen molar-refractivity contribution >= 4 is 5.91 Å². The molecule has 0 aromatic carbocycles. The summed E-state index contributed by atoms with van der Waals surface area (Å²) in [6.45, 7) is 4.79. The molecule has 1 fully saturated rings. The molecule has 0 radical (unpaired) electrons. The van der Waals surface area contributed by atoms with Gasteiger partial charge in [0.15, 0.2) is 5.82 Å². The molecule has 0 N–H and O–H groups in total. The SMILES string of the molecule is Cc1nccn1CCC(=O)N1CCC[C@H](c2nnc(Cn3ccnc3)n2C)C1. The molecule has 9 nitrogen and oxygen atoms in total. The lowest BCUT2D eigenvalue weighted by Crippen LogP contribution is -2.40. The van der Waals surface area contributed by atoms with Crippen LogP contribution in [0.1, 0.15) is 42.7 Å². The van der Waals surface area contributed by atoms with Crippen LogP contribution in [-0.2, 0) is 24.9 Å². The van der Waals surface area contributed by atoms with Crippen LogP contribution in [0.3, 0.4) is 0 Å². The van der Waals surface area contributed by atoms with E-state index in [-0.39, 0.29) is 11.8 Å². The van der Waals surface area contributed by atoms with Gasteiger partial charge in [-0.2, -0.15) is 0 Å². The van der Waals surface area contributed by atoms with E-state index in [4.69, 9.17) is 0 Å². The Bertz CT molecular complexity index is 926. The number of likely N-dealkylation sites (tertiary alicyclic amines) is 1. The summed E-state index contributed by atoms with van der Waals surface area (Å²) in [6, 6.07) is 0. The summed E-state index contributed by atoms with van der Waals surface area (Å²) in [7, 11) is 2.00. The summed E-state index contributed by atoms with van der Waals surface area (Å²) in [5.74, 6) is 3.21. The molecule has 1 amide bonds. The van der Waals surface area contributed by atoms with Crippen molar-refractivity contribution in [3.8, 4) is 0 Å². The third-order valence-electron chi connectivity index (χ3n) is 5.51. The molecule has 1 aliphatic heterocycles. The van der Waals surface area contributed by atoms with Crippen LogP contribution in [-0.4, -0.2) is 57.8 Å². The summed E-state index contributed by atoms with van der Waals surface area (Å²) in [5.41, 5.74) is 0. The van der Waals surface area contributed by atoms with Crippen LogP contribution in [0.2, 0.25) is 0 Å². The highest BCUT2D eigenvalue weighted by atomic mass is 16.2. The number of carbonyl (C=O) groups excluding carboxylic acids is 1. The second-order valence-electron chi connectivity index (χ2n) is 7.37. The van der Waals surface area contributed by atoms with Gasteiger partial charge < -0.3 is 18.6 Å². The molecule has 4 heterocycles. The Morgan fingerprint density at radius 3 is 2.89 bits per heavy atom. The van der Waals surface area contributed by atoms with E-state index >= 15 is 0 Å². The van der Waals surface area contributed by atoms with E-state index in [1.54, 1.807) is 18.7 Å². The van der Waals surface area contributed by atoms with Crippen LogP contribution in [0.5, 0.6) is 0 Å². The number of aromatic nitrogens is 7. The first-order chi connectivity index (χ1) is 13.6. The lowest BCUT2D eigenvalue weighted by molar-refractivity contribution is -0.132. The van der Waals surface area contributed by atoms with Crippen LogP contribution in [0.4, 0.5) is 0 Å². The van der Waals surface area contributed by atoms with Crippen LogP contribution in [0.25, 0.3) is 0 Å². The predicted molar refractivity (Wildman–Crippen MR) is 102 cm³/mol. The molecule has 0 saturated carbocycles. The third-order valence-corrected chi connectivity index (χ3v) is 5.51. The molecule has 0 aliphatic carbocycles. The molecule has 4 rings (SSSR count). The topological polar surface area (TPSA) is 86.7 Å². The number of nitrogens with zero attached hydrogens (tertiary/aromatic N) is 8. The maximum atomic E-state index is 12.7. The van der Waals surface area contributed by atoms with Crippen LogP contribution in [0.15, 0.2) is 31.1 Å². The number of amides is 1. The van der Waals surface area contributed by atoms with Gasteiger partial charge in [0.2, 0.25) is 5.91 Å². The van der Waals surface area contributed by atoms with E-state index in [0.717, 1.165) is 36.9 Å². The zero-order valence-electron chi connectivity index (χ0n) is 16.4. The Balaban J connectivity index is 1.39. The molecule has 28 heavy (non-hydrogen) atoms. The first kappa shape index (κ1) is 18.4. The van der Waals surface area contributed by atoms with Crippen molar-refractivity contribution in [3.63, 3.8) is 0 Å². The molecular weight excluding hydrogens is 356 g/mol. The molecule has 148 valence electrons. The molecule has 0 spiro atoms. The highest BCUT2D eigenvalue weighted by Gasteiger charge is 2.28. The van der Waals surface area contributed by atoms with E-state index in [0.29, 0.717) is 26.1 Å². The Kier molecular flexibility index (Phi) is 5.23. The van der Waals surface area contributed by atoms with Crippen molar-refractivity contribution in [2.24, 2.45) is 7.05 Å². The third kappa shape index (κ3) is 3.83. The normalized spacial score (nSPS) is 17.2. The van der Waals surface area contributed by atoms with E-state index in [9.17, 15) is 4.79 Å². The fourth-order valence-electron chi connectivity index (χ4n) is 3.84. The molecule has 9 heteroatoms. The van der Waals surface area contributed by atoms with E-state index in [2.05, 4.69) is 24.7 Å². The minimum Gasteiger partial charge on any atom is -0.342 e. The number of rotatable bonds is 6. The van der Waals surface area contributed by atoms with Crippen molar-refractivity contribution in [1.82, 2.24) is 38.8 Å². The van der Waals surface area contributed by atoms with Gasteiger partial charge >= 0.3 is 0 Å². The molecule has 0 unspecified atom stereocenters. The maximum absolute atomic E-state index is 12.7. The first-order valence-corrected chi connectivity index (χ1v) is 9.71. The Hall–Kier alpha value is -2.97. The smallest absolute Gasteiger partial charge is 0.224 e. The van der Waals surface area contributed by atoms with E-state index in [1.165, 1.54) is 0 Å². The van der Waals surface area contributed by atoms with Gasteiger partial charge in [-0.05, 0) is 19.8 Å². The zero-order valence-corrected chi connectivity index (χ0v) is 16.4. The van der Waals surface area contributed by atoms with Gasteiger partial charge in [-0.15, -0.1) is 10.2 Å². The molecule has 3 aromatic rings. The summed E-state index contributed by atoms with van der Waals surface area (Å²) in [4.78, 5) is 23.0. The molecule has 0 bridgehead atoms. The Morgan fingerprint density at radius 2 is 2.14 bits per heavy atom. The fourth-order valence-corrected chi connectivity index (χ4v) is 3.84. The quantitative estimate of drug-likeness (QED) is 0.642. The average molecular weight is 382 g/mol. The highest BCUT2D eigenvalue weighted by Crippen LogP contribution is 2.26. The van der Waals surface area contributed by atoms with Crippen molar-refractivity contribution in [1.29, 1.82) is 0 Å². The van der Waals surface area contributed by atoms with Gasteiger partial charge in [-0.25, -0.2) is 9.97 Å². The van der Waals surface area contributed by atoms with Crippen molar-refractivity contribution in [2.45, 2.75) is 45.2 Å². The summed E-state index contributed by atoms with van der Waals surface area (Å²) < 4.78 is 6.06. The van der Waals surface area contributed by atoms with Gasteiger partial charge in [0.05, 0.1) is 12.9 Å². The zero-order chi connectivity index (χ0) is 19.5. The van der Waals surface area contributed by atoms with Crippen LogP contribution >= 0.6 is 0 Å². The van der Waals surface area contributed by atoms with E-state index in [1.807, 2.05) is 40.4 Å². The Morgan fingerprint density at radius 1 is 1.25 bits per heavy atom. The summed E-state index contributed by atoms with van der Waals surface area (Å²) >= 11 is 0. The molecule has 3 aromatic heterocycles. The number of hydrogen-bond donors (Lipinski definition) is 0. The van der Waals surface area contributed by atoms with E-state index < -0.39 is 0 Å². The number of hydrogen-bond acceptors (Lipinski definition) is 5. The van der Waals surface area contributed by atoms with Crippen molar-refractivity contribution in [2.75, 3.05) is 13.1 Å². The second kappa shape index (κ2) is 7.95. The number of piperidine rings is 1. The lowest BCUT2D eigenvalue weighted by atomic mass is 9.97. The maximum Gasteiger partial charge on any atom is 0.224 e. The van der Waals surface area contributed by atoms with Crippen molar-refractivity contribution < 1.29 is 4.79 Å². The summed E-state index contributed by atoms with van der Waals surface area (Å²) in [6.07, 6.45) is 11.7. The van der Waals surface area contributed by atoms with Crippen LogP contribution in [0, 0.1) is 6.92 Å². The first-order valence-electron chi connectivity index (χ1n) is 9.71. The number of imidazole rings is 2. The fraction of sp³-hybridized carbons (Fsp3) is 0.526. The molecule has 1 aliphatic rings. The lowest BCUT2D eigenvalue weighted by Gasteiger charge is -2.32. The van der Waals surface area contributed by atoms with Gasteiger partial charge in [-0.3, -0.25) is 4.79 Å². The summed E-state index contributed by atoms with van der Waals surface area (Å²) in [5, 5.41) is 8.81. The molecule has 1 atom stereocenters. The minimum absolute atomic E-state index is 0.193. The monoisotopic (exact) mass is 382 g/mol. The van der Waals surface area contributed by atoms with Gasteiger partial charge in [-0.1, -0.05) is 0 Å². The van der Waals surface area contributed by atoms with Gasteiger partial charge in [0, 0.05) is 63.8 Å². The second-order valence-corrected chi connectivity index (χ2v) is 7.37. The van der Waals surface area contributed by atoms with Crippen molar-refractivity contribution in [3.05, 3.63) is 48.6 Å². The average Bonchev–Trinajstić information content (AvgIpc) is 3.44. The largest absolute Gasteiger partial charge is 0.342 e.